The Morgan fingerprint density at radius 2 is 1.87 bits per heavy atom. The molecule has 0 bridgehead atoms. The first-order valence-electron chi connectivity index (χ1n) is 9.29. The lowest BCUT2D eigenvalue weighted by Gasteiger charge is -2.25. The Morgan fingerprint density at radius 3 is 2.60 bits per heavy atom. The topological polar surface area (TPSA) is 105 Å². The van der Waals surface area contributed by atoms with Crippen LogP contribution in [0.15, 0.2) is 40.6 Å². The van der Waals surface area contributed by atoms with Gasteiger partial charge in [-0.2, -0.15) is 4.31 Å². The fraction of sp³-hybridized carbons (Fsp3) is 0.368. The summed E-state index contributed by atoms with van der Waals surface area (Å²) in [6.07, 6.45) is -0.0290. The van der Waals surface area contributed by atoms with E-state index >= 15 is 0 Å². The summed E-state index contributed by atoms with van der Waals surface area (Å²) in [5, 5.41) is 5.11. The molecular weight excluding hydrogens is 433 g/mol. The average Bonchev–Trinajstić information content (AvgIpc) is 3.21. The highest BCUT2D eigenvalue weighted by atomic mass is 32.2. The Kier molecular flexibility index (Phi) is 7.53. The zero-order valence-electron chi connectivity index (χ0n) is 16.1. The molecule has 0 saturated carbocycles. The molecule has 0 radical (unpaired) electrons. The van der Waals surface area contributed by atoms with Crippen molar-refractivity contribution in [3.05, 3.63) is 52.7 Å². The van der Waals surface area contributed by atoms with Gasteiger partial charge in [0.25, 0.3) is 10.0 Å². The van der Waals surface area contributed by atoms with Crippen molar-refractivity contribution in [1.82, 2.24) is 14.9 Å². The van der Waals surface area contributed by atoms with Crippen molar-refractivity contribution in [1.29, 1.82) is 0 Å². The summed E-state index contributed by atoms with van der Waals surface area (Å²) in [6.45, 7) is 1.32. The van der Waals surface area contributed by atoms with Crippen molar-refractivity contribution in [2.45, 2.75) is 17.2 Å². The van der Waals surface area contributed by atoms with Crippen LogP contribution in [0.25, 0.3) is 0 Å². The van der Waals surface area contributed by atoms with Crippen LogP contribution in [-0.2, 0) is 37.3 Å². The number of ether oxygens (including phenoxy) is 1. The fourth-order valence-electron chi connectivity index (χ4n) is 2.83. The Morgan fingerprint density at radius 1 is 1.10 bits per heavy atom. The monoisotopic (exact) mass is 455 g/mol. The highest BCUT2D eigenvalue weighted by Crippen LogP contribution is 2.25. The second kappa shape index (κ2) is 10.1. The minimum Gasteiger partial charge on any atom is -0.379 e. The smallest absolute Gasteiger partial charge is 0.252 e. The first kappa shape index (κ1) is 22.3. The van der Waals surface area contributed by atoms with E-state index < -0.39 is 27.7 Å². The molecule has 30 heavy (non-hydrogen) atoms. The average molecular weight is 456 g/mol. The molecule has 0 unspecified atom stereocenters. The van der Waals surface area contributed by atoms with Crippen LogP contribution in [0, 0.1) is 5.82 Å². The van der Waals surface area contributed by atoms with E-state index in [9.17, 15) is 22.4 Å². The Bertz CT molecular complexity index is 1000. The van der Waals surface area contributed by atoms with E-state index in [1.54, 1.807) is 12.1 Å². The molecule has 2 aromatic rings. The van der Waals surface area contributed by atoms with Gasteiger partial charge in [0.2, 0.25) is 11.8 Å². The van der Waals surface area contributed by atoms with Gasteiger partial charge < -0.3 is 15.4 Å². The van der Waals surface area contributed by atoms with Gasteiger partial charge in [-0.15, -0.1) is 11.3 Å². The third-order valence-corrected chi connectivity index (χ3v) is 7.81. The van der Waals surface area contributed by atoms with Crippen molar-refractivity contribution in [2.24, 2.45) is 0 Å². The molecular formula is C19H22FN3O5S2. The molecule has 0 spiro atoms. The normalized spacial score (nSPS) is 15.0. The fourth-order valence-corrected chi connectivity index (χ4v) is 5.69. The summed E-state index contributed by atoms with van der Waals surface area (Å²) in [6, 6.07) is 8.87. The van der Waals surface area contributed by atoms with Gasteiger partial charge in [-0.1, -0.05) is 12.1 Å². The molecule has 8 nitrogen and oxygen atoms in total. The van der Waals surface area contributed by atoms with Gasteiger partial charge in [0.15, 0.2) is 0 Å². The first-order valence-corrected chi connectivity index (χ1v) is 11.5. The van der Waals surface area contributed by atoms with E-state index in [4.69, 9.17) is 4.74 Å². The SMILES string of the molecule is O=C(CNC(=O)Cc1cccc(F)c1)NCc1ccc(S(=O)(=O)N2CCOCC2)s1. The van der Waals surface area contributed by atoms with Crippen LogP contribution in [0.5, 0.6) is 0 Å². The Hall–Kier alpha value is -2.34. The number of sulfonamides is 1. The van der Waals surface area contributed by atoms with Crippen LogP contribution in [0.2, 0.25) is 0 Å². The predicted molar refractivity (Wildman–Crippen MR) is 109 cm³/mol. The van der Waals surface area contributed by atoms with Gasteiger partial charge in [0, 0.05) is 18.0 Å². The van der Waals surface area contributed by atoms with E-state index in [-0.39, 0.29) is 23.7 Å². The molecule has 1 aromatic heterocycles. The molecule has 3 rings (SSSR count). The lowest BCUT2D eigenvalue weighted by Crippen LogP contribution is -2.40. The number of hydrogen-bond donors (Lipinski definition) is 2. The van der Waals surface area contributed by atoms with Crippen LogP contribution >= 0.6 is 11.3 Å². The number of halogens is 1. The molecule has 1 aromatic carbocycles. The lowest BCUT2D eigenvalue weighted by molar-refractivity contribution is -0.125. The van der Waals surface area contributed by atoms with Crippen molar-refractivity contribution in [2.75, 3.05) is 32.8 Å². The number of carbonyl (C=O) groups excluding carboxylic acids is 2. The zero-order chi connectivity index (χ0) is 21.6. The predicted octanol–water partition coefficient (Wildman–Crippen LogP) is 0.883. The second-order valence-corrected chi connectivity index (χ2v) is 9.93. The molecule has 2 N–H and O–H groups in total. The standard InChI is InChI=1S/C19H22FN3O5S2/c20-15-3-1-2-14(10-15)11-17(24)22-13-18(25)21-12-16-4-5-19(29-16)30(26,27)23-6-8-28-9-7-23/h1-5,10H,6-9,11-13H2,(H,21,25)(H,22,24). The number of thiophene rings is 1. The molecule has 2 amide bonds. The maximum absolute atomic E-state index is 13.1. The number of carbonyl (C=O) groups is 2. The number of morpholine rings is 1. The molecule has 1 aliphatic heterocycles. The zero-order valence-corrected chi connectivity index (χ0v) is 17.7. The molecule has 162 valence electrons. The van der Waals surface area contributed by atoms with Crippen molar-refractivity contribution >= 4 is 33.2 Å². The summed E-state index contributed by atoms with van der Waals surface area (Å²) < 4.78 is 45.1. The first-order chi connectivity index (χ1) is 14.3. The third-order valence-electron chi connectivity index (χ3n) is 4.36. The van der Waals surface area contributed by atoms with Gasteiger partial charge >= 0.3 is 0 Å². The van der Waals surface area contributed by atoms with Crippen LogP contribution < -0.4 is 10.6 Å². The van der Waals surface area contributed by atoms with E-state index in [1.807, 2.05) is 0 Å². The number of hydrogen-bond acceptors (Lipinski definition) is 6. The van der Waals surface area contributed by atoms with E-state index in [1.165, 1.54) is 28.6 Å². The van der Waals surface area contributed by atoms with Crippen LogP contribution in [0.1, 0.15) is 10.4 Å². The summed E-state index contributed by atoms with van der Waals surface area (Å²) in [5.74, 6) is -1.23. The maximum Gasteiger partial charge on any atom is 0.252 e. The van der Waals surface area contributed by atoms with Crippen molar-refractivity contribution in [3.63, 3.8) is 0 Å². The lowest BCUT2D eigenvalue weighted by atomic mass is 10.1. The quantitative estimate of drug-likeness (QED) is 0.615. The van der Waals surface area contributed by atoms with Gasteiger partial charge in [0.1, 0.15) is 10.0 Å². The van der Waals surface area contributed by atoms with Gasteiger partial charge in [-0.3, -0.25) is 9.59 Å². The van der Waals surface area contributed by atoms with Crippen LogP contribution in [-0.4, -0.2) is 57.4 Å². The molecule has 0 aliphatic carbocycles. The van der Waals surface area contributed by atoms with Crippen LogP contribution in [0.4, 0.5) is 4.39 Å². The van der Waals surface area contributed by atoms with Gasteiger partial charge in [-0.05, 0) is 29.8 Å². The van der Waals surface area contributed by atoms with Crippen LogP contribution in [0.3, 0.4) is 0 Å². The van der Waals surface area contributed by atoms with Crippen molar-refractivity contribution < 1.29 is 27.1 Å². The number of nitrogens with one attached hydrogen (secondary N) is 2. The largest absolute Gasteiger partial charge is 0.379 e. The highest BCUT2D eigenvalue weighted by molar-refractivity contribution is 7.91. The maximum atomic E-state index is 13.1. The number of benzene rings is 1. The van der Waals surface area contributed by atoms with E-state index in [2.05, 4.69) is 10.6 Å². The van der Waals surface area contributed by atoms with E-state index in [0.717, 1.165) is 11.3 Å². The van der Waals surface area contributed by atoms with Crippen molar-refractivity contribution in [3.8, 4) is 0 Å². The highest BCUT2D eigenvalue weighted by Gasteiger charge is 2.27. The second-order valence-electron chi connectivity index (χ2n) is 6.60. The molecule has 0 atom stereocenters. The Labute approximate surface area is 178 Å². The number of rotatable bonds is 8. The molecule has 1 saturated heterocycles. The van der Waals surface area contributed by atoms with E-state index in [0.29, 0.717) is 36.7 Å². The van der Waals surface area contributed by atoms with Gasteiger partial charge in [-0.25, -0.2) is 12.8 Å². The molecule has 11 heteroatoms. The minimum atomic E-state index is -3.56. The summed E-state index contributed by atoms with van der Waals surface area (Å²) >= 11 is 1.09. The Balaban J connectivity index is 1.44. The summed E-state index contributed by atoms with van der Waals surface area (Å²) in [7, 11) is -3.56. The number of amides is 2. The number of nitrogens with zero attached hydrogens (tertiary/aromatic N) is 1. The minimum absolute atomic E-state index is 0.0290. The molecule has 1 fully saturated rings. The summed E-state index contributed by atoms with van der Waals surface area (Å²) in [5.41, 5.74) is 0.514. The molecule has 1 aliphatic rings. The summed E-state index contributed by atoms with van der Waals surface area (Å²) in [4.78, 5) is 24.5. The molecule has 2 heterocycles. The third kappa shape index (κ3) is 6.08. The van der Waals surface area contributed by atoms with Gasteiger partial charge in [0.05, 0.1) is 32.7 Å².